The Morgan fingerprint density at radius 1 is 0.300 bits per heavy atom. The molecular weight excluding hydrogens is 737 g/mol. The van der Waals surface area contributed by atoms with Crippen molar-refractivity contribution in [2.45, 2.75) is 159 Å². The molecule has 0 aliphatic rings. The van der Waals surface area contributed by atoms with Gasteiger partial charge in [0, 0.05) is 0 Å². The topological polar surface area (TPSA) is 0 Å². The number of rotatable bonds is 9. The molecule has 0 radical (unpaired) electrons. The zero-order valence-electron chi connectivity index (χ0n) is 37.1. The van der Waals surface area contributed by atoms with E-state index in [-0.39, 0.29) is 0 Å². The molecule has 0 saturated carbocycles. The van der Waals surface area contributed by atoms with E-state index >= 15 is 0 Å². The first kappa shape index (κ1) is 43.9. The van der Waals surface area contributed by atoms with Gasteiger partial charge in [-0.3, -0.25) is 0 Å². The van der Waals surface area contributed by atoms with Crippen molar-refractivity contribution in [3.05, 3.63) is 51.6 Å². The van der Waals surface area contributed by atoms with Crippen LogP contribution >= 0.6 is 11.1 Å². The lowest BCUT2D eigenvalue weighted by Crippen LogP contribution is -2.79. The maximum absolute atomic E-state index is 9.22. The Balaban J connectivity index is 2.99. The lowest BCUT2D eigenvalue weighted by atomic mass is 10.1. The summed E-state index contributed by atoms with van der Waals surface area (Å²) in [6, 6.07) is 8.01. The first-order chi connectivity index (χ1) is 22.0. The molecule has 0 atom stereocenters. The van der Waals surface area contributed by atoms with Gasteiger partial charge in [0.05, 0.1) is 48.4 Å². The minimum Gasteiger partial charge on any atom is -0.149 e. The summed E-state index contributed by atoms with van der Waals surface area (Å²) in [5.41, 5.74) is 9.12. The molecule has 0 heterocycles. The molecule has 0 nitrogen and oxygen atoms in total. The molecule has 3 aromatic carbocycles. The zero-order chi connectivity index (χ0) is 39.3. The maximum Gasteiger partial charge on any atom is 0.247 e. The molecule has 0 bridgehead atoms. The molecule has 0 fully saturated rings. The molecule has 0 aliphatic heterocycles. The van der Waals surface area contributed by atoms with Crippen molar-refractivity contribution in [3.8, 4) is 0 Å². The monoisotopic (exact) mass is 810 g/mol. The van der Waals surface area contributed by atoms with Crippen LogP contribution in [0.4, 0.5) is 0 Å². The summed E-state index contributed by atoms with van der Waals surface area (Å²) in [6.07, 6.45) is 0. The van der Waals surface area contributed by atoms with Crippen molar-refractivity contribution in [1.29, 1.82) is 0 Å². The van der Waals surface area contributed by atoms with Gasteiger partial charge < -0.3 is 0 Å². The summed E-state index contributed by atoms with van der Waals surface area (Å²) in [6.45, 7) is 60.8. The van der Waals surface area contributed by atoms with E-state index in [4.69, 9.17) is 0 Å². The number of benzene rings is 3. The average molecular weight is 812 g/mol. The normalized spacial score (nSPS) is 14.1. The third-order valence-corrected chi connectivity index (χ3v) is 30.2. The summed E-state index contributed by atoms with van der Waals surface area (Å²) in [7, 11) is -13.7. The van der Waals surface area contributed by atoms with Gasteiger partial charge >= 0.3 is 0 Å². The number of aryl methyl sites for hydroxylation is 3. The fourth-order valence-corrected chi connectivity index (χ4v) is 35.7. The van der Waals surface area contributed by atoms with Crippen LogP contribution < -0.4 is 46.7 Å². The van der Waals surface area contributed by atoms with Gasteiger partial charge in [-0.1, -0.05) is 201 Å². The molecule has 0 spiro atoms. The lowest BCUT2D eigenvalue weighted by Gasteiger charge is -2.43. The second-order valence-corrected chi connectivity index (χ2v) is 56.6. The van der Waals surface area contributed by atoms with Crippen LogP contribution in [0.15, 0.2) is 18.2 Å². The highest BCUT2D eigenvalue weighted by atomic mass is 35.6. The Bertz CT molecular complexity index is 1600. The zero-order valence-corrected chi connectivity index (χ0v) is 44.9. The van der Waals surface area contributed by atoms with E-state index in [0.717, 1.165) is 0 Å². The minimum absolute atomic E-state index is 1.47. The Hall–Kier alpha value is -0.532. The smallest absolute Gasteiger partial charge is 0.149 e. The van der Waals surface area contributed by atoms with E-state index in [1.165, 1.54) is 32.3 Å². The van der Waals surface area contributed by atoms with Crippen LogP contribution in [0, 0.1) is 41.5 Å². The van der Waals surface area contributed by atoms with Crippen molar-refractivity contribution in [3.63, 3.8) is 0 Å². The van der Waals surface area contributed by atoms with Crippen molar-refractivity contribution in [1.82, 2.24) is 0 Å². The highest BCUT2D eigenvalue weighted by Crippen LogP contribution is 2.24. The number of hydrogen-bond acceptors (Lipinski definition) is 0. The van der Waals surface area contributed by atoms with Gasteiger partial charge in [-0.25, -0.2) is 0 Å². The van der Waals surface area contributed by atoms with Crippen molar-refractivity contribution < 1.29 is 0 Å². The fraction of sp³-hybridized carbons (Fsp3) is 0.571. The minimum atomic E-state index is -3.15. The summed E-state index contributed by atoms with van der Waals surface area (Å²) in [5, 5.41) is 14.5. The van der Waals surface area contributed by atoms with Crippen LogP contribution in [0.5, 0.6) is 0 Å². The predicted molar refractivity (Wildman–Crippen MR) is 256 cm³/mol. The molecule has 278 valence electrons. The Kier molecular flexibility index (Phi) is 12.0. The van der Waals surface area contributed by atoms with Gasteiger partial charge in [0.15, 0.2) is 0 Å². The fourth-order valence-electron chi connectivity index (χ4n) is 10.6. The van der Waals surface area contributed by atoms with Gasteiger partial charge in [0.1, 0.15) is 0 Å². The molecule has 3 rings (SSSR count). The van der Waals surface area contributed by atoms with E-state index in [9.17, 15) is 11.1 Å². The first-order valence-electron chi connectivity index (χ1n) is 19.2. The lowest BCUT2D eigenvalue weighted by molar-refractivity contribution is 1.42. The van der Waals surface area contributed by atoms with Gasteiger partial charge in [0.2, 0.25) is 7.38 Å². The largest absolute Gasteiger partial charge is 0.247 e. The summed E-state index contributed by atoms with van der Waals surface area (Å²) in [5.74, 6) is 0. The highest BCUT2D eigenvalue weighted by Gasteiger charge is 2.50. The maximum atomic E-state index is 9.22. The second kappa shape index (κ2) is 13.6. The van der Waals surface area contributed by atoms with Crippen LogP contribution in [0.2, 0.25) is 118 Å². The van der Waals surface area contributed by atoms with Crippen LogP contribution in [0.3, 0.4) is 0 Å². The van der Waals surface area contributed by atoms with Gasteiger partial charge in [-0.2, -0.15) is 0 Å². The van der Waals surface area contributed by atoms with Crippen molar-refractivity contribution >= 4 is 114 Å². The molecule has 0 unspecified atom stereocenters. The number of halogens is 1. The van der Waals surface area contributed by atoms with Crippen LogP contribution in [0.1, 0.15) is 33.4 Å². The van der Waals surface area contributed by atoms with Gasteiger partial charge in [-0.15, -0.1) is 11.1 Å². The van der Waals surface area contributed by atoms with Crippen LogP contribution in [-0.2, 0) is 0 Å². The quantitative estimate of drug-likeness (QED) is 0.117. The third kappa shape index (κ3) is 7.96. The Morgan fingerprint density at radius 3 is 0.600 bits per heavy atom. The SMILES string of the molecule is Cc1cc([Si](Cl)(c2cc(C)c([Si](C)(C)C)c(C)c2[Si](C)(C)C)c2cc(C)c([Si](C)(C)C)c(C)c2[Si](C)(C)C)c([Si](C)(C)C)c(C)c1[Si](C)(C)C. The van der Waals surface area contributed by atoms with Crippen LogP contribution in [0.25, 0.3) is 0 Å². The van der Waals surface area contributed by atoms with E-state index in [1.807, 2.05) is 0 Å². The van der Waals surface area contributed by atoms with E-state index in [1.54, 1.807) is 47.8 Å². The number of hydrogen-bond donors (Lipinski definition) is 0. The second-order valence-electron chi connectivity index (χ2n) is 22.0. The van der Waals surface area contributed by atoms with Crippen molar-refractivity contribution in [2.24, 2.45) is 0 Å². The molecule has 50 heavy (non-hydrogen) atoms. The molecule has 0 amide bonds. The summed E-state index contributed by atoms with van der Waals surface area (Å²) < 4.78 is 0. The average Bonchev–Trinajstić information content (AvgIpc) is 2.81. The highest BCUT2D eigenvalue weighted by molar-refractivity contribution is 7.43. The molecule has 3 aromatic rings. The standard InChI is InChI=1S/C42H75ClSi7/c1-28-25-34(40(47(16,17)18)31(4)37(28)44(7,8)9)50(43,35-26-29(2)38(45(10,11)12)32(5)41(35)48(19,20)21)36-27-30(3)39(46(13,14)15)33(6)42(36)49(22,23)24/h25-27H,1-24H3. The molecular formula is C42H75ClSi7. The molecule has 0 aliphatic carbocycles. The van der Waals surface area contributed by atoms with E-state index in [2.05, 4.69) is 178 Å². The van der Waals surface area contributed by atoms with Crippen LogP contribution in [-0.4, -0.2) is 55.8 Å². The Morgan fingerprint density at radius 2 is 0.460 bits per heavy atom. The van der Waals surface area contributed by atoms with Gasteiger partial charge in [0.25, 0.3) is 0 Å². The third-order valence-electron chi connectivity index (χ3n) is 10.9. The first-order valence-corrected chi connectivity index (χ1v) is 43.2. The summed E-state index contributed by atoms with van der Waals surface area (Å²) in [4.78, 5) is 0. The molecule has 0 N–H and O–H groups in total. The van der Waals surface area contributed by atoms with E-state index in [0.29, 0.717) is 0 Å². The summed E-state index contributed by atoms with van der Waals surface area (Å²) >= 11 is 9.22. The molecule has 8 heteroatoms. The van der Waals surface area contributed by atoms with E-state index < -0.39 is 55.8 Å². The Labute approximate surface area is 322 Å². The molecule has 0 aromatic heterocycles. The van der Waals surface area contributed by atoms with Crippen molar-refractivity contribution in [2.75, 3.05) is 0 Å². The van der Waals surface area contributed by atoms with Gasteiger partial charge in [-0.05, 0) is 57.1 Å². The molecule has 0 saturated heterocycles. The predicted octanol–water partition coefficient (Wildman–Crippen LogP) is 8.01.